The summed E-state index contributed by atoms with van der Waals surface area (Å²) in [5.41, 5.74) is 3.74. The quantitative estimate of drug-likeness (QED) is 0.501. The van der Waals surface area contributed by atoms with Crippen LogP contribution in [0.25, 0.3) is 16.9 Å². The number of aryl methyl sites for hydroxylation is 2. The smallest absolute Gasteiger partial charge is 0.236 e. The molecule has 4 aromatic rings. The largest absolute Gasteiger partial charge is 0.360 e. The van der Waals surface area contributed by atoms with Gasteiger partial charge in [0, 0.05) is 11.6 Å². The summed E-state index contributed by atoms with van der Waals surface area (Å²) >= 11 is 1.26. The van der Waals surface area contributed by atoms with Crippen LogP contribution in [0.4, 0.5) is 5.82 Å². The van der Waals surface area contributed by atoms with Gasteiger partial charge in [-0.2, -0.15) is 9.61 Å². The highest BCUT2D eigenvalue weighted by atomic mass is 32.2. The number of aromatic nitrogens is 5. The number of benzene rings is 1. The van der Waals surface area contributed by atoms with Crippen molar-refractivity contribution in [3.05, 3.63) is 53.8 Å². The Morgan fingerprint density at radius 3 is 2.71 bits per heavy atom. The molecular formula is C19H18N6O2S. The fraction of sp³-hybridized carbons (Fsp3) is 0.211. The topological polar surface area (TPSA) is 98.2 Å². The molecule has 142 valence electrons. The number of thioether (sulfide) groups is 1. The Kier molecular flexibility index (Phi) is 5.07. The lowest BCUT2D eigenvalue weighted by atomic mass is 10.1. The van der Waals surface area contributed by atoms with Gasteiger partial charge in [-0.05, 0) is 31.0 Å². The van der Waals surface area contributed by atoms with E-state index >= 15 is 0 Å². The highest BCUT2D eigenvalue weighted by molar-refractivity contribution is 7.99. The van der Waals surface area contributed by atoms with Crippen LogP contribution in [-0.2, 0) is 11.2 Å². The molecule has 1 N–H and O–H groups in total. The van der Waals surface area contributed by atoms with Gasteiger partial charge in [-0.15, -0.1) is 10.2 Å². The van der Waals surface area contributed by atoms with E-state index in [4.69, 9.17) is 4.52 Å². The molecule has 0 atom stereocenters. The first-order valence-electron chi connectivity index (χ1n) is 8.80. The van der Waals surface area contributed by atoms with Crippen LogP contribution in [0.3, 0.4) is 0 Å². The van der Waals surface area contributed by atoms with Crippen molar-refractivity contribution in [3.8, 4) is 11.3 Å². The third kappa shape index (κ3) is 3.89. The Balaban J connectivity index is 1.50. The summed E-state index contributed by atoms with van der Waals surface area (Å²) in [6.45, 7) is 3.89. The van der Waals surface area contributed by atoms with Gasteiger partial charge in [0.1, 0.15) is 5.76 Å². The van der Waals surface area contributed by atoms with E-state index in [1.54, 1.807) is 17.5 Å². The molecule has 9 heteroatoms. The van der Waals surface area contributed by atoms with Crippen molar-refractivity contribution in [1.29, 1.82) is 0 Å². The first-order chi connectivity index (χ1) is 13.6. The number of anilines is 1. The van der Waals surface area contributed by atoms with Crippen LogP contribution in [-0.4, -0.2) is 36.6 Å². The lowest BCUT2D eigenvalue weighted by molar-refractivity contribution is -0.113. The van der Waals surface area contributed by atoms with E-state index < -0.39 is 0 Å². The van der Waals surface area contributed by atoms with Crippen LogP contribution in [0.1, 0.15) is 18.2 Å². The summed E-state index contributed by atoms with van der Waals surface area (Å²) in [6, 6.07) is 13.7. The molecule has 0 bridgehead atoms. The predicted octanol–water partition coefficient (Wildman–Crippen LogP) is 3.38. The molecule has 0 radical (unpaired) electrons. The molecule has 28 heavy (non-hydrogen) atoms. The van der Waals surface area contributed by atoms with E-state index in [-0.39, 0.29) is 11.7 Å². The minimum Gasteiger partial charge on any atom is -0.360 e. The monoisotopic (exact) mass is 394 g/mol. The van der Waals surface area contributed by atoms with Crippen LogP contribution in [0.15, 0.2) is 52.1 Å². The zero-order valence-corrected chi connectivity index (χ0v) is 16.2. The number of nitrogens with one attached hydrogen (secondary N) is 1. The SMILES string of the molecule is CCc1ccc(-c2ccc3nnc(SCC(=O)Nc4cc(C)on4)n3n2)cc1. The average Bonchev–Trinajstić information content (AvgIpc) is 3.31. The Labute approximate surface area is 165 Å². The van der Waals surface area contributed by atoms with Crippen LogP contribution in [0.2, 0.25) is 0 Å². The predicted molar refractivity (Wildman–Crippen MR) is 106 cm³/mol. The highest BCUT2D eigenvalue weighted by Gasteiger charge is 2.13. The van der Waals surface area contributed by atoms with E-state index in [0.717, 1.165) is 17.7 Å². The number of rotatable bonds is 6. The zero-order chi connectivity index (χ0) is 19.5. The number of hydrogen-bond acceptors (Lipinski definition) is 7. The Hall–Kier alpha value is -3.20. The molecule has 4 rings (SSSR count). The Morgan fingerprint density at radius 1 is 1.18 bits per heavy atom. The first-order valence-corrected chi connectivity index (χ1v) is 9.78. The summed E-state index contributed by atoms with van der Waals surface area (Å²) in [6.07, 6.45) is 0.995. The molecule has 0 aliphatic rings. The molecule has 0 aliphatic carbocycles. The van der Waals surface area contributed by atoms with Gasteiger partial charge in [0.25, 0.3) is 0 Å². The minimum absolute atomic E-state index is 0.157. The molecule has 0 spiro atoms. The second-order valence-corrected chi connectivity index (χ2v) is 7.12. The molecule has 1 amide bonds. The Morgan fingerprint density at radius 2 is 2.00 bits per heavy atom. The molecule has 3 heterocycles. The van der Waals surface area contributed by atoms with Gasteiger partial charge in [-0.25, -0.2) is 0 Å². The standard InChI is InChI=1S/C19H18N6O2S/c1-3-13-4-6-14(7-5-13)15-8-9-17-21-22-19(25(17)23-15)28-11-18(26)20-16-10-12(2)27-24-16/h4-10H,3,11H2,1-2H3,(H,20,24,26). The van der Waals surface area contributed by atoms with Crippen molar-refractivity contribution in [2.45, 2.75) is 25.4 Å². The third-order valence-electron chi connectivity index (χ3n) is 4.12. The summed E-state index contributed by atoms with van der Waals surface area (Å²) < 4.78 is 6.59. The molecular weight excluding hydrogens is 376 g/mol. The molecule has 0 unspecified atom stereocenters. The second kappa shape index (κ2) is 7.81. The normalized spacial score (nSPS) is 11.1. The summed E-state index contributed by atoms with van der Waals surface area (Å²) in [5, 5.41) is 19.9. The fourth-order valence-corrected chi connectivity index (χ4v) is 3.35. The van der Waals surface area contributed by atoms with Crippen LogP contribution < -0.4 is 5.32 Å². The van der Waals surface area contributed by atoms with Gasteiger partial charge in [-0.1, -0.05) is 48.1 Å². The van der Waals surface area contributed by atoms with E-state index in [1.807, 2.05) is 12.1 Å². The van der Waals surface area contributed by atoms with Gasteiger partial charge >= 0.3 is 0 Å². The number of carbonyl (C=O) groups is 1. The maximum atomic E-state index is 12.1. The number of amides is 1. The zero-order valence-electron chi connectivity index (χ0n) is 15.4. The van der Waals surface area contributed by atoms with E-state index in [9.17, 15) is 4.79 Å². The maximum Gasteiger partial charge on any atom is 0.236 e. The molecule has 0 fully saturated rings. The molecule has 0 saturated heterocycles. The van der Waals surface area contributed by atoms with Crippen molar-refractivity contribution in [2.75, 3.05) is 11.1 Å². The molecule has 1 aromatic carbocycles. The lowest BCUT2D eigenvalue weighted by Crippen LogP contribution is -2.14. The molecule has 3 aromatic heterocycles. The number of fused-ring (bicyclic) bond motifs is 1. The van der Waals surface area contributed by atoms with Gasteiger partial charge in [0.05, 0.1) is 11.4 Å². The van der Waals surface area contributed by atoms with Crippen molar-refractivity contribution in [1.82, 2.24) is 25.0 Å². The molecule has 0 saturated carbocycles. The van der Waals surface area contributed by atoms with E-state index in [1.165, 1.54) is 17.3 Å². The van der Waals surface area contributed by atoms with Crippen LogP contribution in [0, 0.1) is 6.92 Å². The van der Waals surface area contributed by atoms with Crippen LogP contribution >= 0.6 is 11.8 Å². The minimum atomic E-state index is -0.207. The van der Waals surface area contributed by atoms with E-state index in [2.05, 4.69) is 57.0 Å². The van der Waals surface area contributed by atoms with Crippen molar-refractivity contribution in [3.63, 3.8) is 0 Å². The maximum absolute atomic E-state index is 12.1. The second-order valence-electron chi connectivity index (χ2n) is 6.18. The molecule has 8 nitrogen and oxygen atoms in total. The Bertz CT molecular complexity index is 1120. The number of carbonyl (C=O) groups excluding carboxylic acids is 1. The van der Waals surface area contributed by atoms with Gasteiger partial charge in [0.15, 0.2) is 11.5 Å². The number of hydrogen-bond donors (Lipinski definition) is 1. The average molecular weight is 394 g/mol. The first kappa shape index (κ1) is 18.2. The van der Waals surface area contributed by atoms with Crippen molar-refractivity contribution < 1.29 is 9.32 Å². The van der Waals surface area contributed by atoms with Gasteiger partial charge in [-0.3, -0.25) is 4.79 Å². The lowest BCUT2D eigenvalue weighted by Gasteiger charge is -2.04. The van der Waals surface area contributed by atoms with Crippen LogP contribution in [0.5, 0.6) is 0 Å². The fourth-order valence-electron chi connectivity index (χ4n) is 2.66. The highest BCUT2D eigenvalue weighted by Crippen LogP contribution is 2.21. The third-order valence-corrected chi connectivity index (χ3v) is 5.04. The summed E-state index contributed by atoms with van der Waals surface area (Å²) in [4.78, 5) is 12.1. The summed E-state index contributed by atoms with van der Waals surface area (Å²) in [7, 11) is 0. The van der Waals surface area contributed by atoms with Gasteiger partial charge in [0.2, 0.25) is 11.1 Å². The summed E-state index contributed by atoms with van der Waals surface area (Å²) in [5.74, 6) is 0.977. The van der Waals surface area contributed by atoms with Crippen molar-refractivity contribution >= 4 is 29.1 Å². The number of nitrogens with zero attached hydrogens (tertiary/aromatic N) is 5. The van der Waals surface area contributed by atoms with Gasteiger partial charge < -0.3 is 9.84 Å². The van der Waals surface area contributed by atoms with E-state index in [0.29, 0.717) is 22.4 Å². The van der Waals surface area contributed by atoms with Crippen molar-refractivity contribution in [2.24, 2.45) is 0 Å². The molecule has 0 aliphatic heterocycles.